The smallest absolute Gasteiger partial charge is 0.315 e. The summed E-state index contributed by atoms with van der Waals surface area (Å²) in [5.41, 5.74) is 6.03. The molecule has 234 valence electrons. The van der Waals surface area contributed by atoms with Gasteiger partial charge >= 0.3 is 5.97 Å². The van der Waals surface area contributed by atoms with Crippen molar-refractivity contribution < 1.29 is 17.9 Å². The van der Waals surface area contributed by atoms with Crippen LogP contribution in [-0.2, 0) is 19.6 Å². The van der Waals surface area contributed by atoms with E-state index in [0.29, 0.717) is 17.0 Å². The average Bonchev–Trinajstić information content (AvgIpc) is 3.42. The van der Waals surface area contributed by atoms with Crippen LogP contribution in [0.1, 0.15) is 51.1 Å². The van der Waals surface area contributed by atoms with Gasteiger partial charge in [0.1, 0.15) is 5.76 Å². The van der Waals surface area contributed by atoms with E-state index in [1.807, 2.05) is 110 Å². The lowest BCUT2D eigenvalue weighted by Crippen LogP contribution is -2.30. The van der Waals surface area contributed by atoms with Crippen LogP contribution in [0.15, 0.2) is 155 Å². The van der Waals surface area contributed by atoms with Gasteiger partial charge in [0, 0.05) is 27.8 Å². The maximum absolute atomic E-state index is 14.1. The molecule has 1 heterocycles. The van der Waals surface area contributed by atoms with Crippen molar-refractivity contribution in [3.8, 4) is 0 Å². The number of cyclic esters (lactones) is 1. The molecule has 0 spiro atoms. The highest BCUT2D eigenvalue weighted by molar-refractivity contribution is 9.10. The van der Waals surface area contributed by atoms with E-state index in [1.165, 1.54) is 0 Å². The average molecular weight is 703 g/mol. The molecule has 5 nitrogen and oxygen atoms in total. The monoisotopic (exact) mass is 701 g/mol. The molecule has 0 amide bonds. The Balaban J connectivity index is 1.39. The second-order valence-electron chi connectivity index (χ2n) is 12.0. The molecule has 2 aliphatic rings. The van der Waals surface area contributed by atoms with Crippen LogP contribution in [0.2, 0.25) is 0 Å². The first kappa shape index (κ1) is 30.9. The van der Waals surface area contributed by atoms with Gasteiger partial charge in [0.15, 0.2) is 0 Å². The number of hydrogen-bond acceptors (Lipinski definition) is 4. The van der Waals surface area contributed by atoms with Crippen molar-refractivity contribution >= 4 is 43.4 Å². The number of aryl methyl sites for hydroxylation is 1. The summed E-state index contributed by atoms with van der Waals surface area (Å²) < 4.78 is 37.5. The molecule has 5 aromatic rings. The maximum atomic E-state index is 14.1. The minimum Gasteiger partial charge on any atom is -0.426 e. The minimum absolute atomic E-state index is 0.170. The number of esters is 1. The van der Waals surface area contributed by atoms with Crippen LogP contribution in [0, 0.1) is 12.8 Å². The van der Waals surface area contributed by atoms with E-state index in [4.69, 9.17) is 4.74 Å². The van der Waals surface area contributed by atoms with Crippen molar-refractivity contribution in [1.82, 2.24) is 4.72 Å². The van der Waals surface area contributed by atoms with Gasteiger partial charge in [-0.05, 0) is 59.5 Å². The summed E-state index contributed by atoms with van der Waals surface area (Å²) in [6.45, 7) is 1.92. The molecule has 0 fully saturated rings. The van der Waals surface area contributed by atoms with Gasteiger partial charge in [-0.2, -0.15) is 0 Å². The predicted molar refractivity (Wildman–Crippen MR) is 189 cm³/mol. The first-order chi connectivity index (χ1) is 22.8. The Bertz CT molecular complexity index is 2090. The molecule has 0 unspecified atom stereocenters. The second kappa shape index (κ2) is 12.8. The van der Waals surface area contributed by atoms with Crippen molar-refractivity contribution in [2.45, 2.75) is 29.6 Å². The summed E-state index contributed by atoms with van der Waals surface area (Å²) >= 11 is 3.51. The molecule has 1 N–H and O–H groups in total. The topological polar surface area (TPSA) is 72.5 Å². The van der Waals surface area contributed by atoms with E-state index in [-0.39, 0.29) is 28.6 Å². The second-order valence-corrected chi connectivity index (χ2v) is 14.6. The van der Waals surface area contributed by atoms with Crippen molar-refractivity contribution in [2.75, 3.05) is 0 Å². The summed E-state index contributed by atoms with van der Waals surface area (Å²) in [4.78, 5) is 14.3. The van der Waals surface area contributed by atoms with Crippen LogP contribution >= 0.6 is 15.9 Å². The lowest BCUT2D eigenvalue weighted by molar-refractivity contribution is -0.143. The molecule has 47 heavy (non-hydrogen) atoms. The number of carbonyl (C=O) groups excluding carboxylic acids is 1. The first-order valence-corrected chi connectivity index (χ1v) is 17.8. The number of sulfonamides is 1. The van der Waals surface area contributed by atoms with Crippen LogP contribution in [0.4, 0.5) is 0 Å². The number of allylic oxidation sites excluding steroid dienone is 2. The normalized spacial score (nSPS) is 19.6. The lowest BCUT2D eigenvalue weighted by Gasteiger charge is -2.32. The fraction of sp³-hybridized carbons (Fsp3) is 0.125. The van der Waals surface area contributed by atoms with Crippen molar-refractivity contribution in [1.29, 1.82) is 0 Å². The van der Waals surface area contributed by atoms with E-state index in [0.717, 1.165) is 32.3 Å². The molecule has 0 saturated carbocycles. The van der Waals surface area contributed by atoms with Crippen molar-refractivity contribution in [2.24, 2.45) is 5.92 Å². The summed E-state index contributed by atoms with van der Waals surface area (Å²) in [5.74, 6) is -1.16. The fourth-order valence-corrected chi connectivity index (χ4v) is 8.12. The fourth-order valence-electron chi connectivity index (χ4n) is 6.76. The maximum Gasteiger partial charge on any atom is 0.315 e. The highest BCUT2D eigenvalue weighted by Crippen LogP contribution is 2.56. The molecule has 0 radical (unpaired) electrons. The standard InChI is InChI=1S/C40H32BrNO4S/c1-26-16-22-31(23-17-26)47(44,45)42-36(28-18-20-30(41)21-19-28)24-34(27-10-4-2-5-11-27)38-33-15-9-8-14-32(33)35-25-37(46-40(43)39(35)38)29-12-6-3-7-13-29/h2-25,34-35,38-39,42H,1H3/b36-24-/t34-,35-,38+,39-/m1/s1. The molecule has 0 saturated heterocycles. The Morgan fingerprint density at radius 3 is 2.09 bits per heavy atom. The molecule has 1 aliphatic carbocycles. The molecule has 1 aliphatic heterocycles. The van der Waals surface area contributed by atoms with Crippen LogP contribution in [0.3, 0.4) is 0 Å². The third-order valence-electron chi connectivity index (χ3n) is 9.01. The van der Waals surface area contributed by atoms with Gasteiger partial charge in [0.25, 0.3) is 10.0 Å². The van der Waals surface area contributed by atoms with Gasteiger partial charge in [-0.25, -0.2) is 8.42 Å². The summed E-state index contributed by atoms with van der Waals surface area (Å²) in [5, 5.41) is 0. The Labute approximate surface area is 283 Å². The zero-order valence-electron chi connectivity index (χ0n) is 25.6. The molecular formula is C40H32BrNO4S. The van der Waals surface area contributed by atoms with E-state index in [9.17, 15) is 13.2 Å². The predicted octanol–water partition coefficient (Wildman–Crippen LogP) is 8.96. The largest absolute Gasteiger partial charge is 0.426 e. The minimum atomic E-state index is -3.95. The molecule has 7 rings (SSSR count). The van der Waals surface area contributed by atoms with Crippen molar-refractivity contribution in [3.05, 3.63) is 183 Å². The quantitative estimate of drug-likeness (QED) is 0.164. The van der Waals surface area contributed by atoms with Crippen LogP contribution in [0.5, 0.6) is 0 Å². The number of ether oxygens (including phenoxy) is 1. The van der Waals surface area contributed by atoms with Crippen LogP contribution < -0.4 is 4.72 Å². The number of rotatable bonds is 8. The Kier molecular flexibility index (Phi) is 8.43. The summed E-state index contributed by atoms with van der Waals surface area (Å²) in [6.07, 6.45) is 4.04. The number of carbonyl (C=O) groups is 1. The Morgan fingerprint density at radius 2 is 1.40 bits per heavy atom. The van der Waals surface area contributed by atoms with Gasteiger partial charge in [-0.1, -0.05) is 137 Å². The molecule has 4 atom stereocenters. The van der Waals surface area contributed by atoms with E-state index in [2.05, 4.69) is 38.9 Å². The molecule has 0 bridgehead atoms. The van der Waals surface area contributed by atoms with Gasteiger partial charge in [-0.15, -0.1) is 0 Å². The number of nitrogens with one attached hydrogen (secondary N) is 1. The molecule has 0 aromatic heterocycles. The Hall–Kier alpha value is -4.72. The lowest BCUT2D eigenvalue weighted by atomic mass is 9.74. The van der Waals surface area contributed by atoms with E-state index in [1.54, 1.807) is 24.3 Å². The number of halogens is 1. The van der Waals surface area contributed by atoms with Gasteiger partial charge in [-0.3, -0.25) is 9.52 Å². The summed E-state index contributed by atoms with van der Waals surface area (Å²) in [7, 11) is -3.95. The summed E-state index contributed by atoms with van der Waals surface area (Å²) in [6, 6.07) is 42.1. The third-order valence-corrected chi connectivity index (χ3v) is 10.9. The Morgan fingerprint density at radius 1 is 0.787 bits per heavy atom. The zero-order chi connectivity index (χ0) is 32.5. The molecule has 7 heteroatoms. The van der Waals surface area contributed by atoms with Gasteiger partial charge in [0.05, 0.1) is 16.5 Å². The van der Waals surface area contributed by atoms with Gasteiger partial charge < -0.3 is 4.74 Å². The van der Waals surface area contributed by atoms with Crippen LogP contribution in [0.25, 0.3) is 11.5 Å². The highest BCUT2D eigenvalue weighted by atomic mass is 79.9. The van der Waals surface area contributed by atoms with Crippen LogP contribution in [-0.4, -0.2) is 14.4 Å². The van der Waals surface area contributed by atoms with E-state index >= 15 is 0 Å². The zero-order valence-corrected chi connectivity index (χ0v) is 28.0. The van der Waals surface area contributed by atoms with Crippen molar-refractivity contribution in [3.63, 3.8) is 0 Å². The SMILES string of the molecule is Cc1ccc(S(=O)(=O)N/C(=C\[C@H](c2ccccc2)[C@@H]2c3ccccc3[C@H]3C=C(c4ccccc4)OC(=O)[C@@H]23)c2ccc(Br)cc2)cc1. The first-order valence-electron chi connectivity index (χ1n) is 15.5. The number of benzene rings is 5. The van der Waals surface area contributed by atoms with Gasteiger partial charge in [0.2, 0.25) is 0 Å². The third kappa shape index (κ3) is 6.21. The highest BCUT2D eigenvalue weighted by Gasteiger charge is 2.50. The molecule has 5 aromatic carbocycles. The number of hydrogen-bond donors (Lipinski definition) is 1. The molecular weight excluding hydrogens is 670 g/mol. The number of fused-ring (bicyclic) bond motifs is 3. The van der Waals surface area contributed by atoms with E-state index < -0.39 is 15.9 Å².